The molecule has 21 heavy (non-hydrogen) atoms. The van der Waals surface area contributed by atoms with Gasteiger partial charge in [0.05, 0.1) is 13.2 Å². The summed E-state index contributed by atoms with van der Waals surface area (Å²) in [5, 5.41) is 11.5. The molecule has 0 radical (unpaired) electrons. The SMILES string of the molecule is COCCOCCCCNC(=O)c1cccn1CC(=O)O. The summed E-state index contributed by atoms with van der Waals surface area (Å²) in [6, 6.07) is 3.26. The van der Waals surface area contributed by atoms with Crippen molar-refractivity contribution in [2.24, 2.45) is 0 Å². The quantitative estimate of drug-likeness (QED) is 0.588. The zero-order valence-electron chi connectivity index (χ0n) is 12.2. The number of ether oxygens (including phenoxy) is 2. The summed E-state index contributed by atoms with van der Waals surface area (Å²) in [5.41, 5.74) is 0.355. The van der Waals surface area contributed by atoms with Crippen LogP contribution in [-0.4, -0.2) is 55.0 Å². The summed E-state index contributed by atoms with van der Waals surface area (Å²) in [7, 11) is 1.62. The van der Waals surface area contributed by atoms with Gasteiger partial charge in [-0.2, -0.15) is 0 Å². The molecule has 1 rings (SSSR count). The number of nitrogens with zero attached hydrogens (tertiary/aromatic N) is 1. The van der Waals surface area contributed by atoms with E-state index in [0.717, 1.165) is 12.8 Å². The average Bonchev–Trinajstić information content (AvgIpc) is 2.89. The molecule has 0 saturated carbocycles. The molecule has 0 aliphatic carbocycles. The van der Waals surface area contributed by atoms with Gasteiger partial charge in [-0.25, -0.2) is 0 Å². The van der Waals surface area contributed by atoms with Gasteiger partial charge in [-0.1, -0.05) is 0 Å². The second-order valence-corrected chi connectivity index (χ2v) is 4.48. The number of hydrogen-bond acceptors (Lipinski definition) is 4. The van der Waals surface area contributed by atoms with Crippen LogP contribution in [0.1, 0.15) is 23.3 Å². The number of nitrogens with one attached hydrogen (secondary N) is 1. The van der Waals surface area contributed by atoms with Crippen molar-refractivity contribution >= 4 is 11.9 Å². The Balaban J connectivity index is 2.19. The van der Waals surface area contributed by atoms with Gasteiger partial charge in [-0.15, -0.1) is 0 Å². The predicted octanol–water partition coefficient (Wildman–Crippen LogP) is 0.746. The molecule has 0 atom stereocenters. The molecule has 0 unspecified atom stereocenters. The number of carbonyl (C=O) groups is 2. The van der Waals surface area contributed by atoms with Crippen LogP contribution in [0.2, 0.25) is 0 Å². The number of methoxy groups -OCH3 is 1. The summed E-state index contributed by atoms with van der Waals surface area (Å²) in [4.78, 5) is 22.6. The highest BCUT2D eigenvalue weighted by Gasteiger charge is 2.11. The third-order valence-electron chi connectivity index (χ3n) is 2.80. The van der Waals surface area contributed by atoms with Crippen LogP contribution in [0.15, 0.2) is 18.3 Å². The number of amides is 1. The average molecular weight is 298 g/mol. The van der Waals surface area contributed by atoms with Gasteiger partial charge in [0.15, 0.2) is 0 Å². The molecule has 1 amide bonds. The fraction of sp³-hybridized carbons (Fsp3) is 0.571. The Morgan fingerprint density at radius 3 is 2.81 bits per heavy atom. The van der Waals surface area contributed by atoms with Gasteiger partial charge in [-0.3, -0.25) is 9.59 Å². The normalized spacial score (nSPS) is 10.5. The molecule has 2 N–H and O–H groups in total. The van der Waals surface area contributed by atoms with Crippen molar-refractivity contribution in [3.05, 3.63) is 24.0 Å². The summed E-state index contributed by atoms with van der Waals surface area (Å²) in [5.74, 6) is -1.24. The molecule has 0 bridgehead atoms. The minimum Gasteiger partial charge on any atom is -0.480 e. The van der Waals surface area contributed by atoms with Gasteiger partial charge < -0.3 is 24.5 Å². The minimum absolute atomic E-state index is 0.219. The van der Waals surface area contributed by atoms with E-state index < -0.39 is 5.97 Å². The lowest BCUT2D eigenvalue weighted by Gasteiger charge is -2.08. The maximum atomic E-state index is 11.9. The van der Waals surface area contributed by atoms with E-state index >= 15 is 0 Å². The zero-order chi connectivity index (χ0) is 15.5. The number of aromatic nitrogens is 1. The first-order valence-electron chi connectivity index (χ1n) is 6.87. The van der Waals surface area contributed by atoms with Gasteiger partial charge in [0.25, 0.3) is 5.91 Å². The second-order valence-electron chi connectivity index (χ2n) is 4.48. The lowest BCUT2D eigenvalue weighted by atomic mass is 10.3. The Morgan fingerprint density at radius 1 is 1.29 bits per heavy atom. The monoisotopic (exact) mass is 298 g/mol. The third kappa shape index (κ3) is 6.92. The highest BCUT2D eigenvalue weighted by molar-refractivity contribution is 5.93. The standard InChI is InChI=1S/C14H22N2O5/c1-20-9-10-21-8-3-2-6-15-14(19)12-5-4-7-16(12)11-13(17)18/h4-5,7H,2-3,6,8-11H2,1H3,(H,15,19)(H,17,18). The van der Waals surface area contributed by atoms with Gasteiger partial charge in [0.2, 0.25) is 0 Å². The first kappa shape index (κ1) is 17.2. The molecule has 0 spiro atoms. The minimum atomic E-state index is -0.978. The first-order chi connectivity index (χ1) is 10.1. The Bertz CT molecular complexity index is 444. The number of carboxylic acids is 1. The van der Waals surface area contributed by atoms with Crippen LogP contribution in [0.25, 0.3) is 0 Å². The number of carboxylic acid groups (broad SMARTS) is 1. The van der Waals surface area contributed by atoms with Crippen molar-refractivity contribution in [3.8, 4) is 0 Å². The van der Waals surface area contributed by atoms with E-state index in [1.54, 1.807) is 25.4 Å². The van der Waals surface area contributed by atoms with E-state index in [4.69, 9.17) is 14.6 Å². The molecule has 1 heterocycles. The summed E-state index contributed by atoms with van der Waals surface area (Å²) >= 11 is 0. The first-order valence-corrected chi connectivity index (χ1v) is 6.87. The molecule has 0 aliphatic rings. The Kier molecular flexibility index (Phi) is 8.15. The molecule has 7 heteroatoms. The lowest BCUT2D eigenvalue weighted by molar-refractivity contribution is -0.137. The van der Waals surface area contributed by atoms with E-state index in [9.17, 15) is 9.59 Å². The van der Waals surface area contributed by atoms with Crippen molar-refractivity contribution in [2.45, 2.75) is 19.4 Å². The number of rotatable bonds is 11. The van der Waals surface area contributed by atoms with Crippen LogP contribution in [0.5, 0.6) is 0 Å². The Hall–Kier alpha value is -1.86. The van der Waals surface area contributed by atoms with Crippen molar-refractivity contribution in [2.75, 3.05) is 33.5 Å². The number of aliphatic carboxylic acids is 1. The highest BCUT2D eigenvalue weighted by atomic mass is 16.5. The van der Waals surface area contributed by atoms with Crippen LogP contribution in [0, 0.1) is 0 Å². The number of hydrogen-bond donors (Lipinski definition) is 2. The Labute approximate surface area is 123 Å². The molecule has 0 saturated heterocycles. The van der Waals surface area contributed by atoms with E-state index in [1.165, 1.54) is 4.57 Å². The van der Waals surface area contributed by atoms with E-state index in [-0.39, 0.29) is 12.5 Å². The third-order valence-corrected chi connectivity index (χ3v) is 2.80. The van der Waals surface area contributed by atoms with E-state index in [2.05, 4.69) is 5.32 Å². The van der Waals surface area contributed by atoms with Gasteiger partial charge in [0.1, 0.15) is 12.2 Å². The highest BCUT2D eigenvalue weighted by Crippen LogP contribution is 2.02. The maximum absolute atomic E-state index is 11.9. The number of unbranched alkanes of at least 4 members (excludes halogenated alkanes) is 1. The molecule has 7 nitrogen and oxygen atoms in total. The smallest absolute Gasteiger partial charge is 0.323 e. The topological polar surface area (TPSA) is 89.8 Å². The molecule has 0 aromatic carbocycles. The molecule has 0 fully saturated rings. The van der Waals surface area contributed by atoms with Crippen molar-refractivity contribution in [1.29, 1.82) is 0 Å². The van der Waals surface area contributed by atoms with Crippen LogP contribution in [-0.2, 0) is 20.8 Å². The van der Waals surface area contributed by atoms with E-state index in [1.807, 2.05) is 0 Å². The largest absolute Gasteiger partial charge is 0.480 e. The van der Waals surface area contributed by atoms with Crippen LogP contribution >= 0.6 is 0 Å². The molecular formula is C14H22N2O5. The predicted molar refractivity (Wildman–Crippen MR) is 76.3 cm³/mol. The zero-order valence-corrected chi connectivity index (χ0v) is 12.2. The second kappa shape index (κ2) is 9.95. The van der Waals surface area contributed by atoms with Crippen molar-refractivity contribution < 1.29 is 24.2 Å². The molecule has 0 aliphatic heterocycles. The Morgan fingerprint density at radius 2 is 2.10 bits per heavy atom. The fourth-order valence-electron chi connectivity index (χ4n) is 1.77. The fourth-order valence-corrected chi connectivity index (χ4v) is 1.77. The van der Waals surface area contributed by atoms with Crippen LogP contribution in [0.4, 0.5) is 0 Å². The van der Waals surface area contributed by atoms with Gasteiger partial charge in [0, 0.05) is 26.5 Å². The van der Waals surface area contributed by atoms with Crippen LogP contribution < -0.4 is 5.32 Å². The maximum Gasteiger partial charge on any atom is 0.323 e. The number of carbonyl (C=O) groups excluding carboxylic acids is 1. The lowest BCUT2D eigenvalue weighted by Crippen LogP contribution is -2.27. The molecule has 118 valence electrons. The van der Waals surface area contributed by atoms with Gasteiger partial charge >= 0.3 is 5.97 Å². The van der Waals surface area contributed by atoms with Crippen LogP contribution in [0.3, 0.4) is 0 Å². The molecule has 1 aromatic heterocycles. The molecule has 1 aromatic rings. The van der Waals surface area contributed by atoms with Crippen molar-refractivity contribution in [3.63, 3.8) is 0 Å². The summed E-state index contributed by atoms with van der Waals surface area (Å²) < 4.78 is 11.6. The van der Waals surface area contributed by atoms with E-state index in [0.29, 0.717) is 32.1 Å². The van der Waals surface area contributed by atoms with Gasteiger partial charge in [-0.05, 0) is 25.0 Å². The molecular weight excluding hydrogens is 276 g/mol. The van der Waals surface area contributed by atoms with Crippen molar-refractivity contribution in [1.82, 2.24) is 9.88 Å². The summed E-state index contributed by atoms with van der Waals surface area (Å²) in [6.45, 7) is 2.10. The summed E-state index contributed by atoms with van der Waals surface area (Å²) in [6.07, 6.45) is 3.23.